The Morgan fingerprint density at radius 2 is 2.00 bits per heavy atom. The molecule has 0 saturated carbocycles. The Hall–Kier alpha value is -2.10. The minimum absolute atomic E-state index is 0.0431. The molecule has 1 N–H and O–H groups in total. The van der Waals surface area contributed by atoms with Gasteiger partial charge in [0.2, 0.25) is 0 Å². The van der Waals surface area contributed by atoms with Crippen molar-refractivity contribution in [2.24, 2.45) is 5.92 Å². The lowest BCUT2D eigenvalue weighted by Crippen LogP contribution is -2.25. The first-order chi connectivity index (χ1) is 10.1. The van der Waals surface area contributed by atoms with Gasteiger partial charge in [-0.15, -0.1) is 0 Å². The quantitative estimate of drug-likeness (QED) is 0.827. The molecule has 0 unspecified atom stereocenters. The lowest BCUT2D eigenvalue weighted by Gasteiger charge is -2.07. The standard InChI is InChI=1S/C17H23N3O/c1-13(2)8-7-11-18-17(21)16-12-19-20(14(16)3)15-9-5-4-6-10-15/h4-6,9-10,12-13H,7-8,11H2,1-3H3,(H,18,21). The maximum absolute atomic E-state index is 12.2. The number of nitrogens with zero attached hydrogens (tertiary/aromatic N) is 2. The third kappa shape index (κ3) is 3.94. The molecule has 1 aromatic carbocycles. The van der Waals surface area contributed by atoms with Crippen LogP contribution in [0.5, 0.6) is 0 Å². The molecule has 0 aliphatic carbocycles. The van der Waals surface area contributed by atoms with Crippen LogP contribution < -0.4 is 5.32 Å². The van der Waals surface area contributed by atoms with Gasteiger partial charge < -0.3 is 5.32 Å². The van der Waals surface area contributed by atoms with Crippen molar-refractivity contribution in [3.05, 3.63) is 47.8 Å². The number of benzene rings is 1. The summed E-state index contributed by atoms with van der Waals surface area (Å²) in [6, 6.07) is 9.84. The Kier molecular flexibility index (Phi) is 5.14. The van der Waals surface area contributed by atoms with Gasteiger partial charge in [-0.05, 0) is 37.8 Å². The van der Waals surface area contributed by atoms with Gasteiger partial charge in [-0.2, -0.15) is 5.10 Å². The average molecular weight is 285 g/mol. The lowest BCUT2D eigenvalue weighted by atomic mass is 10.1. The van der Waals surface area contributed by atoms with Crippen molar-refractivity contribution >= 4 is 5.91 Å². The third-order valence-corrected chi connectivity index (χ3v) is 3.50. The minimum Gasteiger partial charge on any atom is -0.352 e. The van der Waals surface area contributed by atoms with E-state index < -0.39 is 0 Å². The number of carbonyl (C=O) groups excluding carboxylic acids is 1. The second kappa shape index (κ2) is 7.07. The van der Waals surface area contributed by atoms with Crippen LogP contribution in [0.2, 0.25) is 0 Å². The van der Waals surface area contributed by atoms with E-state index in [0.29, 0.717) is 18.0 Å². The zero-order valence-corrected chi connectivity index (χ0v) is 13.0. The number of amides is 1. The molecular weight excluding hydrogens is 262 g/mol. The van der Waals surface area contributed by atoms with Crippen molar-refractivity contribution in [2.45, 2.75) is 33.6 Å². The van der Waals surface area contributed by atoms with E-state index >= 15 is 0 Å². The third-order valence-electron chi connectivity index (χ3n) is 3.50. The topological polar surface area (TPSA) is 46.9 Å². The predicted octanol–water partition coefficient (Wildman–Crippen LogP) is 3.35. The Morgan fingerprint density at radius 1 is 1.29 bits per heavy atom. The largest absolute Gasteiger partial charge is 0.352 e. The number of hydrogen-bond acceptors (Lipinski definition) is 2. The SMILES string of the molecule is Cc1c(C(=O)NCCCC(C)C)cnn1-c1ccccc1. The first kappa shape index (κ1) is 15.3. The van der Waals surface area contributed by atoms with Gasteiger partial charge in [0, 0.05) is 6.54 Å². The van der Waals surface area contributed by atoms with E-state index in [1.165, 1.54) is 0 Å². The van der Waals surface area contributed by atoms with Gasteiger partial charge in [-0.1, -0.05) is 32.0 Å². The van der Waals surface area contributed by atoms with Crippen LogP contribution in [0.15, 0.2) is 36.5 Å². The van der Waals surface area contributed by atoms with E-state index in [-0.39, 0.29) is 5.91 Å². The first-order valence-corrected chi connectivity index (χ1v) is 7.48. The van der Waals surface area contributed by atoms with E-state index in [0.717, 1.165) is 24.2 Å². The van der Waals surface area contributed by atoms with Gasteiger partial charge in [0.25, 0.3) is 5.91 Å². The van der Waals surface area contributed by atoms with Crippen LogP contribution in [0.4, 0.5) is 0 Å². The summed E-state index contributed by atoms with van der Waals surface area (Å²) >= 11 is 0. The fourth-order valence-electron chi connectivity index (χ4n) is 2.27. The van der Waals surface area contributed by atoms with Gasteiger partial charge in [0.15, 0.2) is 0 Å². The molecule has 0 fully saturated rings. The zero-order valence-electron chi connectivity index (χ0n) is 13.0. The molecule has 1 heterocycles. The molecule has 0 atom stereocenters. The summed E-state index contributed by atoms with van der Waals surface area (Å²) in [6.45, 7) is 7.02. The smallest absolute Gasteiger partial charge is 0.254 e. The number of carbonyl (C=O) groups is 1. The number of para-hydroxylation sites is 1. The van der Waals surface area contributed by atoms with E-state index in [1.54, 1.807) is 10.9 Å². The fraction of sp³-hybridized carbons (Fsp3) is 0.412. The molecule has 2 rings (SSSR count). The molecule has 0 bridgehead atoms. The van der Waals surface area contributed by atoms with Crippen molar-refractivity contribution in [2.75, 3.05) is 6.54 Å². The maximum atomic E-state index is 12.2. The molecule has 0 spiro atoms. The summed E-state index contributed by atoms with van der Waals surface area (Å²) in [4.78, 5) is 12.2. The van der Waals surface area contributed by atoms with Crippen LogP contribution in [0.1, 0.15) is 42.7 Å². The highest BCUT2D eigenvalue weighted by Gasteiger charge is 2.14. The molecule has 0 saturated heterocycles. The Balaban J connectivity index is 2.01. The zero-order chi connectivity index (χ0) is 15.2. The molecule has 0 radical (unpaired) electrons. The number of rotatable bonds is 6. The molecular formula is C17H23N3O. The maximum Gasteiger partial charge on any atom is 0.254 e. The molecule has 4 nitrogen and oxygen atoms in total. The van der Waals surface area contributed by atoms with Crippen molar-refractivity contribution < 1.29 is 4.79 Å². The van der Waals surface area contributed by atoms with Gasteiger partial charge >= 0.3 is 0 Å². The predicted molar refractivity (Wildman–Crippen MR) is 84.7 cm³/mol. The van der Waals surface area contributed by atoms with Gasteiger partial charge in [-0.25, -0.2) is 4.68 Å². The first-order valence-electron chi connectivity index (χ1n) is 7.48. The highest BCUT2D eigenvalue weighted by molar-refractivity contribution is 5.95. The van der Waals surface area contributed by atoms with Gasteiger partial charge in [0.05, 0.1) is 23.1 Å². The van der Waals surface area contributed by atoms with E-state index in [9.17, 15) is 4.79 Å². The van der Waals surface area contributed by atoms with Crippen molar-refractivity contribution in [3.8, 4) is 5.69 Å². The summed E-state index contributed by atoms with van der Waals surface area (Å²) < 4.78 is 1.79. The molecule has 4 heteroatoms. The van der Waals surface area contributed by atoms with E-state index in [1.807, 2.05) is 37.3 Å². The lowest BCUT2D eigenvalue weighted by molar-refractivity contribution is 0.0952. The molecule has 112 valence electrons. The number of hydrogen-bond donors (Lipinski definition) is 1. The highest BCUT2D eigenvalue weighted by Crippen LogP contribution is 2.13. The normalized spacial score (nSPS) is 10.9. The van der Waals surface area contributed by atoms with Gasteiger partial charge in [0.1, 0.15) is 0 Å². The summed E-state index contributed by atoms with van der Waals surface area (Å²) in [6.07, 6.45) is 3.78. The summed E-state index contributed by atoms with van der Waals surface area (Å²) in [5.74, 6) is 0.628. The summed E-state index contributed by atoms with van der Waals surface area (Å²) in [5.41, 5.74) is 2.47. The van der Waals surface area contributed by atoms with Crippen molar-refractivity contribution in [3.63, 3.8) is 0 Å². The van der Waals surface area contributed by atoms with Crippen LogP contribution in [-0.4, -0.2) is 22.2 Å². The number of aromatic nitrogens is 2. The fourth-order valence-corrected chi connectivity index (χ4v) is 2.27. The molecule has 21 heavy (non-hydrogen) atoms. The number of nitrogens with one attached hydrogen (secondary N) is 1. The molecule has 2 aromatic rings. The van der Waals surface area contributed by atoms with Crippen LogP contribution >= 0.6 is 0 Å². The van der Waals surface area contributed by atoms with Crippen LogP contribution in [0, 0.1) is 12.8 Å². The summed E-state index contributed by atoms with van der Waals surface area (Å²) in [5, 5.41) is 7.29. The van der Waals surface area contributed by atoms with E-state index in [4.69, 9.17) is 0 Å². The molecule has 0 aliphatic rings. The second-order valence-electron chi connectivity index (χ2n) is 5.68. The van der Waals surface area contributed by atoms with Gasteiger partial charge in [-0.3, -0.25) is 4.79 Å². The van der Waals surface area contributed by atoms with Crippen LogP contribution in [0.25, 0.3) is 5.69 Å². The summed E-state index contributed by atoms with van der Waals surface area (Å²) in [7, 11) is 0. The van der Waals surface area contributed by atoms with Crippen LogP contribution in [0.3, 0.4) is 0 Å². The molecule has 1 amide bonds. The van der Waals surface area contributed by atoms with Crippen molar-refractivity contribution in [1.82, 2.24) is 15.1 Å². The van der Waals surface area contributed by atoms with Crippen LogP contribution in [-0.2, 0) is 0 Å². The molecule has 1 aromatic heterocycles. The second-order valence-corrected chi connectivity index (χ2v) is 5.68. The minimum atomic E-state index is -0.0431. The van der Waals surface area contributed by atoms with Crippen molar-refractivity contribution in [1.29, 1.82) is 0 Å². The Morgan fingerprint density at radius 3 is 2.67 bits per heavy atom. The Bertz CT molecular complexity index is 587. The molecule has 0 aliphatic heterocycles. The Labute approximate surface area is 126 Å². The monoisotopic (exact) mass is 285 g/mol. The highest BCUT2D eigenvalue weighted by atomic mass is 16.1. The van der Waals surface area contributed by atoms with E-state index in [2.05, 4.69) is 24.3 Å². The average Bonchev–Trinajstić information content (AvgIpc) is 2.86.